The summed E-state index contributed by atoms with van der Waals surface area (Å²) in [6, 6.07) is 10.2. The standard InChI is InChI=1S/C17H19N3OS/c1-2-4-13(5-3-1)15-18-19-17(22-15)21-16-14-7-11-6-12(8-14)10-20(16)9-11/h1-5,11-12,14,16H,6-10H2. The van der Waals surface area contributed by atoms with Crippen LogP contribution in [0.15, 0.2) is 30.3 Å². The van der Waals surface area contributed by atoms with E-state index in [9.17, 15) is 0 Å². The van der Waals surface area contributed by atoms with E-state index in [1.165, 1.54) is 32.4 Å². The van der Waals surface area contributed by atoms with Crippen LogP contribution in [0.25, 0.3) is 10.6 Å². The number of hydrogen-bond acceptors (Lipinski definition) is 5. The highest BCUT2D eigenvalue weighted by Gasteiger charge is 2.48. The van der Waals surface area contributed by atoms with Crippen molar-refractivity contribution < 1.29 is 4.74 Å². The lowest BCUT2D eigenvalue weighted by atomic mass is 9.67. The molecule has 4 aliphatic rings. The number of benzene rings is 1. The van der Waals surface area contributed by atoms with Crippen molar-refractivity contribution in [2.75, 3.05) is 13.1 Å². The summed E-state index contributed by atoms with van der Waals surface area (Å²) in [6.45, 7) is 2.42. The van der Waals surface area contributed by atoms with Crippen LogP contribution in [0, 0.1) is 17.8 Å². The Kier molecular flexibility index (Phi) is 2.98. The number of piperidine rings is 3. The van der Waals surface area contributed by atoms with E-state index in [4.69, 9.17) is 4.74 Å². The fraction of sp³-hybridized carbons (Fsp3) is 0.529. The molecule has 1 aromatic carbocycles. The maximum Gasteiger partial charge on any atom is 0.295 e. The molecule has 0 amide bonds. The normalized spacial score (nSPS) is 35.7. The highest BCUT2D eigenvalue weighted by Crippen LogP contribution is 2.47. The van der Waals surface area contributed by atoms with E-state index in [2.05, 4.69) is 27.2 Å². The Labute approximate surface area is 134 Å². The van der Waals surface area contributed by atoms with Gasteiger partial charge in [0, 0.05) is 24.6 Å². The summed E-state index contributed by atoms with van der Waals surface area (Å²) in [5, 5.41) is 10.2. The highest BCUT2D eigenvalue weighted by molar-refractivity contribution is 7.16. The van der Waals surface area contributed by atoms with Crippen LogP contribution >= 0.6 is 11.3 Å². The second kappa shape index (κ2) is 5.03. The summed E-state index contributed by atoms with van der Waals surface area (Å²) in [7, 11) is 0. The largest absolute Gasteiger partial charge is 0.449 e. The number of hydrogen-bond donors (Lipinski definition) is 0. The first kappa shape index (κ1) is 13.0. The van der Waals surface area contributed by atoms with Crippen molar-refractivity contribution in [3.63, 3.8) is 0 Å². The second-order valence-corrected chi connectivity index (χ2v) is 7.84. The van der Waals surface area contributed by atoms with Gasteiger partial charge in [-0.3, -0.25) is 4.90 Å². The average molecular weight is 313 g/mol. The number of nitrogens with zero attached hydrogens (tertiary/aromatic N) is 3. The van der Waals surface area contributed by atoms with Gasteiger partial charge >= 0.3 is 0 Å². The third-order valence-corrected chi connectivity index (χ3v) is 6.20. The van der Waals surface area contributed by atoms with Gasteiger partial charge in [-0.15, -0.1) is 5.10 Å². The predicted octanol–water partition coefficient (Wildman–Crippen LogP) is 3.27. The van der Waals surface area contributed by atoms with Crippen LogP contribution in [0.4, 0.5) is 0 Å². The van der Waals surface area contributed by atoms with E-state index in [0.717, 1.165) is 27.6 Å². The quantitative estimate of drug-likeness (QED) is 0.872. The van der Waals surface area contributed by atoms with E-state index in [1.54, 1.807) is 11.3 Å². The first-order valence-electron chi connectivity index (χ1n) is 8.15. The number of ether oxygens (including phenoxy) is 1. The van der Waals surface area contributed by atoms with Crippen molar-refractivity contribution in [2.45, 2.75) is 25.5 Å². The molecule has 4 bridgehead atoms. The molecular formula is C17H19N3OS. The van der Waals surface area contributed by atoms with Gasteiger partial charge in [-0.05, 0) is 31.1 Å². The zero-order chi connectivity index (χ0) is 14.5. The molecule has 0 spiro atoms. The molecule has 5 heteroatoms. The fourth-order valence-corrected chi connectivity index (χ4v) is 5.35. The van der Waals surface area contributed by atoms with Crippen LogP contribution in [-0.2, 0) is 0 Å². The summed E-state index contributed by atoms with van der Waals surface area (Å²) in [5.74, 6) is 2.51. The molecule has 4 heterocycles. The molecule has 6 rings (SSSR count). The van der Waals surface area contributed by atoms with E-state index < -0.39 is 0 Å². The van der Waals surface area contributed by atoms with Crippen LogP contribution in [0.3, 0.4) is 0 Å². The van der Waals surface area contributed by atoms with Crippen LogP contribution in [0.2, 0.25) is 0 Å². The average Bonchev–Trinajstić information content (AvgIpc) is 3.00. The molecule has 3 atom stereocenters. The van der Waals surface area contributed by atoms with Crippen molar-refractivity contribution >= 4 is 11.3 Å². The molecule has 3 saturated heterocycles. The lowest BCUT2D eigenvalue weighted by Gasteiger charge is -2.55. The van der Waals surface area contributed by atoms with Gasteiger partial charge in [0.05, 0.1) is 0 Å². The summed E-state index contributed by atoms with van der Waals surface area (Å²) in [6.07, 6.45) is 4.34. The Morgan fingerprint density at radius 1 is 1.00 bits per heavy atom. The fourth-order valence-electron chi connectivity index (χ4n) is 4.62. The Morgan fingerprint density at radius 3 is 2.50 bits per heavy atom. The minimum absolute atomic E-state index is 0.226. The van der Waals surface area contributed by atoms with Crippen LogP contribution in [0.5, 0.6) is 5.19 Å². The minimum atomic E-state index is 0.226. The summed E-state index contributed by atoms with van der Waals surface area (Å²) >= 11 is 1.56. The van der Waals surface area contributed by atoms with Crippen LogP contribution in [0.1, 0.15) is 19.3 Å². The zero-order valence-electron chi connectivity index (χ0n) is 12.4. The maximum absolute atomic E-state index is 6.26. The molecule has 1 saturated carbocycles. The van der Waals surface area contributed by atoms with Gasteiger partial charge < -0.3 is 4.74 Å². The van der Waals surface area contributed by atoms with Crippen molar-refractivity contribution in [3.05, 3.63) is 30.3 Å². The second-order valence-electron chi connectivity index (χ2n) is 6.90. The monoisotopic (exact) mass is 313 g/mol. The first-order valence-corrected chi connectivity index (χ1v) is 8.96. The number of aromatic nitrogens is 2. The molecule has 114 valence electrons. The van der Waals surface area contributed by atoms with Crippen molar-refractivity contribution in [3.8, 4) is 15.8 Å². The summed E-state index contributed by atoms with van der Waals surface area (Å²) in [5.41, 5.74) is 1.11. The van der Waals surface area contributed by atoms with Crippen molar-refractivity contribution in [2.24, 2.45) is 17.8 Å². The lowest BCUT2D eigenvalue weighted by molar-refractivity contribution is -0.142. The minimum Gasteiger partial charge on any atom is -0.449 e. The highest BCUT2D eigenvalue weighted by atomic mass is 32.1. The third kappa shape index (κ3) is 2.15. The van der Waals surface area contributed by atoms with Crippen LogP contribution in [-0.4, -0.2) is 34.4 Å². The Bertz CT molecular complexity index is 644. The zero-order valence-corrected chi connectivity index (χ0v) is 13.2. The third-order valence-electron chi connectivity index (χ3n) is 5.34. The molecule has 4 nitrogen and oxygen atoms in total. The molecule has 4 fully saturated rings. The van der Waals surface area contributed by atoms with E-state index in [0.29, 0.717) is 5.92 Å². The molecule has 2 aromatic rings. The Hall–Kier alpha value is -1.46. The summed E-state index contributed by atoms with van der Waals surface area (Å²) in [4.78, 5) is 2.54. The van der Waals surface area contributed by atoms with Crippen LogP contribution < -0.4 is 4.74 Å². The van der Waals surface area contributed by atoms with Gasteiger partial charge in [0.2, 0.25) is 0 Å². The molecule has 22 heavy (non-hydrogen) atoms. The Balaban J connectivity index is 1.35. The number of rotatable bonds is 3. The van der Waals surface area contributed by atoms with Gasteiger partial charge in [-0.25, -0.2) is 0 Å². The molecule has 0 radical (unpaired) electrons. The Morgan fingerprint density at radius 2 is 1.77 bits per heavy atom. The van der Waals surface area contributed by atoms with Gasteiger partial charge in [-0.1, -0.05) is 46.8 Å². The topological polar surface area (TPSA) is 38.3 Å². The molecule has 0 N–H and O–H groups in total. The molecule has 1 aliphatic carbocycles. The van der Waals surface area contributed by atoms with Gasteiger partial charge in [0.25, 0.3) is 5.19 Å². The molecule has 3 unspecified atom stereocenters. The summed E-state index contributed by atoms with van der Waals surface area (Å²) < 4.78 is 6.26. The van der Waals surface area contributed by atoms with Crippen molar-refractivity contribution in [1.82, 2.24) is 15.1 Å². The van der Waals surface area contributed by atoms with Gasteiger partial charge in [-0.2, -0.15) is 0 Å². The maximum atomic E-state index is 6.26. The smallest absolute Gasteiger partial charge is 0.295 e. The SMILES string of the molecule is c1ccc(-c2nnc(OC3C4CC5CC(C4)CN3C5)s2)cc1. The van der Waals surface area contributed by atoms with Crippen molar-refractivity contribution in [1.29, 1.82) is 0 Å². The first-order chi connectivity index (χ1) is 10.8. The van der Waals surface area contributed by atoms with Gasteiger partial charge in [0.1, 0.15) is 0 Å². The van der Waals surface area contributed by atoms with E-state index in [1.807, 2.05) is 18.2 Å². The molecular weight excluding hydrogens is 294 g/mol. The molecule has 1 aromatic heterocycles. The predicted molar refractivity (Wildman–Crippen MR) is 85.7 cm³/mol. The lowest BCUT2D eigenvalue weighted by Crippen LogP contribution is -2.61. The van der Waals surface area contributed by atoms with Gasteiger partial charge in [0.15, 0.2) is 11.2 Å². The van der Waals surface area contributed by atoms with E-state index >= 15 is 0 Å². The van der Waals surface area contributed by atoms with E-state index in [-0.39, 0.29) is 6.23 Å². The molecule has 3 aliphatic heterocycles.